The van der Waals surface area contributed by atoms with E-state index in [9.17, 15) is 18.0 Å². The van der Waals surface area contributed by atoms with Gasteiger partial charge in [0.05, 0.1) is 11.8 Å². The molecule has 5 nitrogen and oxygen atoms in total. The van der Waals surface area contributed by atoms with Gasteiger partial charge in [-0.15, -0.1) is 0 Å². The van der Waals surface area contributed by atoms with Crippen molar-refractivity contribution in [1.29, 1.82) is 0 Å². The summed E-state index contributed by atoms with van der Waals surface area (Å²) >= 11 is 0. The quantitative estimate of drug-likeness (QED) is 0.548. The maximum Gasteiger partial charge on any atom is 0.433 e. The molecule has 0 saturated heterocycles. The first-order valence-electron chi connectivity index (χ1n) is 9.65. The number of amides is 1. The minimum Gasteiger partial charge on any atom is -0.383 e. The Morgan fingerprint density at radius 2 is 1.69 bits per heavy atom. The Morgan fingerprint density at radius 3 is 2.24 bits per heavy atom. The maximum atomic E-state index is 12.7. The van der Waals surface area contributed by atoms with Crippen molar-refractivity contribution in [2.75, 3.05) is 13.1 Å². The summed E-state index contributed by atoms with van der Waals surface area (Å²) in [6.45, 7) is 10.8. The number of alkyl halides is 3. The molecular weight excluding hydrogens is 381 g/mol. The molecule has 0 aliphatic heterocycles. The first-order chi connectivity index (χ1) is 13.7. The standard InChI is InChI=1S/C18H21F3N4O.C3H8/c1-3-4-13-5-7-14(8-6-13)12(2)22-9-10-23-17(26)15-11-24-25-16(15)18(19,20)21;1-3-2/h5-8,11,22H,2-4,9-10H2,1H3,(H,23,26)(H,24,25);3H2,1-2H3. The zero-order chi connectivity index (χ0) is 21.9. The zero-order valence-corrected chi connectivity index (χ0v) is 17.1. The Balaban J connectivity index is 0.00000132. The number of benzene rings is 1. The van der Waals surface area contributed by atoms with Gasteiger partial charge in [-0.2, -0.15) is 18.3 Å². The minimum absolute atomic E-state index is 0.147. The van der Waals surface area contributed by atoms with Crippen LogP contribution in [0.3, 0.4) is 0 Å². The number of H-pyrrole nitrogens is 1. The Morgan fingerprint density at radius 1 is 1.10 bits per heavy atom. The van der Waals surface area contributed by atoms with Crippen molar-refractivity contribution in [3.63, 3.8) is 0 Å². The molecule has 0 unspecified atom stereocenters. The van der Waals surface area contributed by atoms with Crippen molar-refractivity contribution in [3.8, 4) is 0 Å². The maximum absolute atomic E-state index is 12.7. The summed E-state index contributed by atoms with van der Waals surface area (Å²) in [7, 11) is 0. The summed E-state index contributed by atoms with van der Waals surface area (Å²) in [6.07, 6.45) is -0.451. The predicted octanol–water partition coefficient (Wildman–Crippen LogP) is 4.79. The summed E-state index contributed by atoms with van der Waals surface area (Å²) in [6, 6.07) is 7.98. The van der Waals surface area contributed by atoms with E-state index in [2.05, 4.69) is 43.1 Å². The van der Waals surface area contributed by atoms with E-state index < -0.39 is 23.3 Å². The lowest BCUT2D eigenvalue weighted by atomic mass is 10.1. The molecule has 1 aromatic heterocycles. The largest absolute Gasteiger partial charge is 0.433 e. The molecule has 2 rings (SSSR count). The molecule has 1 amide bonds. The molecule has 0 aliphatic carbocycles. The molecule has 0 aliphatic rings. The van der Waals surface area contributed by atoms with Crippen molar-refractivity contribution >= 4 is 11.6 Å². The highest BCUT2D eigenvalue weighted by Crippen LogP contribution is 2.29. The van der Waals surface area contributed by atoms with Crippen LogP contribution in [0.4, 0.5) is 13.2 Å². The van der Waals surface area contributed by atoms with Gasteiger partial charge in [0.2, 0.25) is 0 Å². The number of aromatic nitrogens is 2. The summed E-state index contributed by atoms with van der Waals surface area (Å²) < 4.78 is 38.2. The lowest BCUT2D eigenvalue weighted by Gasteiger charge is -2.12. The van der Waals surface area contributed by atoms with Crippen LogP contribution in [0.5, 0.6) is 0 Å². The van der Waals surface area contributed by atoms with Crippen molar-refractivity contribution in [2.24, 2.45) is 0 Å². The topological polar surface area (TPSA) is 69.8 Å². The number of aryl methyl sites for hydroxylation is 1. The number of hydrogen-bond donors (Lipinski definition) is 3. The summed E-state index contributed by atoms with van der Waals surface area (Å²) in [5.74, 6) is -0.831. The van der Waals surface area contributed by atoms with Gasteiger partial charge in [-0.3, -0.25) is 9.89 Å². The number of hydrogen-bond acceptors (Lipinski definition) is 3. The van der Waals surface area contributed by atoms with E-state index in [-0.39, 0.29) is 6.54 Å². The van der Waals surface area contributed by atoms with Crippen molar-refractivity contribution in [1.82, 2.24) is 20.8 Å². The number of rotatable bonds is 8. The molecule has 1 heterocycles. The molecule has 0 spiro atoms. The third-order valence-corrected chi connectivity index (χ3v) is 3.76. The first kappa shape index (κ1) is 24.3. The lowest BCUT2D eigenvalue weighted by Crippen LogP contribution is -2.32. The van der Waals surface area contributed by atoms with Crippen LogP contribution < -0.4 is 10.6 Å². The molecule has 0 radical (unpaired) electrons. The van der Waals surface area contributed by atoms with E-state index in [4.69, 9.17) is 0 Å². The van der Waals surface area contributed by atoms with Gasteiger partial charge in [0.1, 0.15) is 0 Å². The molecule has 1 aromatic carbocycles. The Hall–Kier alpha value is -2.77. The average Bonchev–Trinajstić information content (AvgIpc) is 3.17. The smallest absolute Gasteiger partial charge is 0.383 e. The molecule has 29 heavy (non-hydrogen) atoms. The molecule has 0 saturated carbocycles. The molecular formula is C21H29F3N4O. The monoisotopic (exact) mass is 410 g/mol. The van der Waals surface area contributed by atoms with Crippen molar-refractivity contribution in [2.45, 2.75) is 46.2 Å². The van der Waals surface area contributed by atoms with Gasteiger partial charge in [0, 0.05) is 18.8 Å². The van der Waals surface area contributed by atoms with Gasteiger partial charge >= 0.3 is 6.18 Å². The van der Waals surface area contributed by atoms with Gasteiger partial charge in [-0.05, 0) is 17.5 Å². The number of nitrogens with one attached hydrogen (secondary N) is 3. The fraction of sp³-hybridized carbons (Fsp3) is 0.429. The highest BCUT2D eigenvalue weighted by Gasteiger charge is 2.37. The molecule has 0 bridgehead atoms. The zero-order valence-electron chi connectivity index (χ0n) is 17.1. The van der Waals surface area contributed by atoms with Gasteiger partial charge in [-0.25, -0.2) is 0 Å². The number of carbonyl (C=O) groups excluding carboxylic acids is 1. The SMILES string of the molecule is C=C(NCCNC(=O)c1cn[nH]c1C(F)(F)F)c1ccc(CCC)cc1.CCC. The Kier molecular flexibility index (Phi) is 9.99. The van der Waals surface area contributed by atoms with Crippen LogP contribution in [0, 0.1) is 0 Å². The minimum atomic E-state index is -4.65. The fourth-order valence-corrected chi connectivity index (χ4v) is 2.42. The molecule has 160 valence electrons. The van der Waals surface area contributed by atoms with E-state index in [1.54, 1.807) is 5.10 Å². The van der Waals surface area contributed by atoms with Gasteiger partial charge in [0.25, 0.3) is 5.91 Å². The van der Waals surface area contributed by atoms with Crippen LogP contribution in [0.2, 0.25) is 0 Å². The van der Waals surface area contributed by atoms with Crippen molar-refractivity contribution < 1.29 is 18.0 Å². The van der Waals surface area contributed by atoms with E-state index in [1.807, 2.05) is 24.3 Å². The first-order valence-corrected chi connectivity index (χ1v) is 9.65. The second-order valence-electron chi connectivity index (χ2n) is 6.47. The van der Waals surface area contributed by atoms with E-state index >= 15 is 0 Å². The van der Waals surface area contributed by atoms with Gasteiger partial charge in [-0.1, -0.05) is 64.5 Å². The van der Waals surface area contributed by atoms with Crippen LogP contribution in [-0.4, -0.2) is 29.2 Å². The van der Waals surface area contributed by atoms with Crippen molar-refractivity contribution in [3.05, 3.63) is 59.4 Å². The van der Waals surface area contributed by atoms with Crippen LogP contribution in [0.25, 0.3) is 5.70 Å². The predicted molar refractivity (Wildman–Crippen MR) is 109 cm³/mol. The summed E-state index contributed by atoms with van der Waals surface area (Å²) in [4.78, 5) is 11.9. The molecule has 2 aromatic rings. The third-order valence-electron chi connectivity index (χ3n) is 3.76. The van der Waals surface area contributed by atoms with E-state index in [1.165, 1.54) is 12.0 Å². The van der Waals surface area contributed by atoms with Gasteiger partial charge in [0.15, 0.2) is 5.69 Å². The van der Waals surface area contributed by atoms with Gasteiger partial charge < -0.3 is 10.6 Å². The second kappa shape index (κ2) is 11.9. The van der Waals surface area contributed by atoms with Crippen LogP contribution in [0.15, 0.2) is 37.0 Å². The van der Waals surface area contributed by atoms with E-state index in [0.29, 0.717) is 12.2 Å². The highest BCUT2D eigenvalue weighted by atomic mass is 19.4. The van der Waals surface area contributed by atoms with Crippen LogP contribution in [0.1, 0.15) is 60.8 Å². The van der Waals surface area contributed by atoms with Crippen LogP contribution in [-0.2, 0) is 12.6 Å². The third kappa shape index (κ3) is 8.01. The van der Waals surface area contributed by atoms with Crippen LogP contribution >= 0.6 is 0 Å². The number of aromatic amines is 1. The fourth-order valence-electron chi connectivity index (χ4n) is 2.42. The highest BCUT2D eigenvalue weighted by molar-refractivity contribution is 5.95. The summed E-state index contributed by atoms with van der Waals surface area (Å²) in [5, 5.41) is 10.6. The average molecular weight is 410 g/mol. The molecule has 0 atom stereocenters. The Bertz CT molecular complexity index is 767. The van der Waals surface area contributed by atoms with E-state index in [0.717, 1.165) is 24.6 Å². The normalized spacial score (nSPS) is 10.7. The number of carbonyl (C=O) groups is 1. The molecule has 8 heteroatoms. The lowest BCUT2D eigenvalue weighted by molar-refractivity contribution is -0.141. The number of halogens is 3. The number of nitrogens with zero attached hydrogens (tertiary/aromatic N) is 1. The Labute approximate surface area is 169 Å². The molecule has 3 N–H and O–H groups in total. The summed E-state index contributed by atoms with van der Waals surface area (Å²) in [5.41, 5.74) is 1.17. The second-order valence-corrected chi connectivity index (χ2v) is 6.47. The molecule has 0 fully saturated rings.